The molecule has 30 heavy (non-hydrogen) atoms. The minimum atomic E-state index is -0.430. The fraction of sp³-hybridized carbons (Fsp3) is 0.304. The van der Waals surface area contributed by atoms with E-state index in [1.807, 2.05) is 30.3 Å². The average molecular weight is 424 g/mol. The molecule has 2 aromatic carbocycles. The van der Waals surface area contributed by atoms with Crippen LogP contribution in [0.25, 0.3) is 11.0 Å². The Bertz CT molecular complexity index is 1030. The predicted molar refractivity (Wildman–Crippen MR) is 122 cm³/mol. The van der Waals surface area contributed by atoms with Crippen LogP contribution in [-0.4, -0.2) is 48.8 Å². The standard InChI is InChI=1S/C23H25N3O3S/c1-2-28-22(27)21-15-18-14-19(8-9-20(18)29-21)25-10-12-26(13-11-25)23(30)24-16-17-6-4-3-5-7-17/h3-9,14-15H,2,10-13,16H2,1H3,(H,24,30). The molecule has 2 heterocycles. The molecule has 3 aromatic rings. The highest BCUT2D eigenvalue weighted by molar-refractivity contribution is 7.80. The third-order valence-electron chi connectivity index (χ3n) is 5.20. The van der Waals surface area contributed by atoms with Crippen LogP contribution >= 0.6 is 12.2 Å². The summed E-state index contributed by atoms with van der Waals surface area (Å²) in [4.78, 5) is 16.4. The molecule has 7 heteroatoms. The van der Waals surface area contributed by atoms with Gasteiger partial charge < -0.3 is 24.3 Å². The fourth-order valence-electron chi connectivity index (χ4n) is 3.58. The maximum atomic E-state index is 11.9. The summed E-state index contributed by atoms with van der Waals surface area (Å²) in [5.41, 5.74) is 3.02. The van der Waals surface area contributed by atoms with Gasteiger partial charge in [0.1, 0.15) is 5.58 Å². The van der Waals surface area contributed by atoms with Gasteiger partial charge >= 0.3 is 5.97 Å². The van der Waals surface area contributed by atoms with Crippen LogP contribution in [0.4, 0.5) is 5.69 Å². The van der Waals surface area contributed by atoms with Crippen LogP contribution in [-0.2, 0) is 11.3 Å². The van der Waals surface area contributed by atoms with Crippen molar-refractivity contribution in [2.24, 2.45) is 0 Å². The molecule has 0 unspecified atom stereocenters. The Balaban J connectivity index is 1.34. The van der Waals surface area contributed by atoms with E-state index in [4.69, 9.17) is 21.4 Å². The number of rotatable bonds is 5. The number of benzene rings is 2. The van der Waals surface area contributed by atoms with Gasteiger partial charge in [0.05, 0.1) is 6.61 Å². The van der Waals surface area contributed by atoms with E-state index in [2.05, 4.69) is 33.3 Å². The lowest BCUT2D eigenvalue weighted by Gasteiger charge is -2.37. The lowest BCUT2D eigenvalue weighted by Crippen LogP contribution is -2.51. The Morgan fingerprint density at radius 3 is 2.60 bits per heavy atom. The molecule has 0 atom stereocenters. The highest BCUT2D eigenvalue weighted by Crippen LogP contribution is 2.26. The Morgan fingerprint density at radius 2 is 1.87 bits per heavy atom. The van der Waals surface area contributed by atoms with Gasteiger partial charge in [0.15, 0.2) is 5.11 Å². The number of ether oxygens (including phenoxy) is 1. The molecule has 6 nitrogen and oxygen atoms in total. The van der Waals surface area contributed by atoms with Gasteiger partial charge in [0.2, 0.25) is 5.76 Å². The summed E-state index contributed by atoms with van der Waals surface area (Å²) >= 11 is 5.58. The van der Waals surface area contributed by atoms with E-state index in [1.165, 1.54) is 5.56 Å². The van der Waals surface area contributed by atoms with Crippen LogP contribution in [0.5, 0.6) is 0 Å². The zero-order chi connectivity index (χ0) is 20.9. The largest absolute Gasteiger partial charge is 0.460 e. The van der Waals surface area contributed by atoms with Crippen molar-refractivity contribution in [2.75, 3.05) is 37.7 Å². The number of carbonyl (C=O) groups is 1. The van der Waals surface area contributed by atoms with E-state index in [-0.39, 0.29) is 5.76 Å². The SMILES string of the molecule is CCOC(=O)c1cc2cc(N3CCN(C(=S)NCc4ccccc4)CC3)ccc2o1. The van der Waals surface area contributed by atoms with Crippen molar-refractivity contribution in [1.82, 2.24) is 10.2 Å². The molecule has 1 saturated heterocycles. The van der Waals surface area contributed by atoms with Crippen LogP contribution in [0.1, 0.15) is 23.0 Å². The highest BCUT2D eigenvalue weighted by Gasteiger charge is 2.20. The maximum absolute atomic E-state index is 11.9. The molecule has 0 spiro atoms. The van der Waals surface area contributed by atoms with Crippen molar-refractivity contribution in [1.29, 1.82) is 0 Å². The third-order valence-corrected chi connectivity index (χ3v) is 5.60. The zero-order valence-corrected chi connectivity index (χ0v) is 17.8. The minimum Gasteiger partial charge on any atom is -0.460 e. The molecule has 1 aliphatic heterocycles. The number of hydrogen-bond acceptors (Lipinski definition) is 5. The molecule has 0 bridgehead atoms. The summed E-state index contributed by atoms with van der Waals surface area (Å²) in [6.45, 7) is 6.31. The Morgan fingerprint density at radius 1 is 1.10 bits per heavy atom. The molecule has 1 aliphatic rings. The van der Waals surface area contributed by atoms with Crippen LogP contribution < -0.4 is 10.2 Å². The average Bonchev–Trinajstić information content (AvgIpc) is 3.22. The maximum Gasteiger partial charge on any atom is 0.374 e. The molecule has 1 fully saturated rings. The summed E-state index contributed by atoms with van der Waals surface area (Å²) < 4.78 is 10.6. The molecule has 0 aliphatic carbocycles. The Hall–Kier alpha value is -3.06. The molecular formula is C23H25N3O3S. The molecule has 1 aromatic heterocycles. The Labute approximate surface area is 181 Å². The van der Waals surface area contributed by atoms with Crippen LogP contribution in [0, 0.1) is 0 Å². The minimum absolute atomic E-state index is 0.239. The summed E-state index contributed by atoms with van der Waals surface area (Å²) in [5.74, 6) is -0.191. The van der Waals surface area contributed by atoms with Crippen LogP contribution in [0.3, 0.4) is 0 Å². The molecule has 156 valence electrons. The number of nitrogens with one attached hydrogen (secondary N) is 1. The topological polar surface area (TPSA) is 58.0 Å². The van der Waals surface area contributed by atoms with Crippen molar-refractivity contribution in [2.45, 2.75) is 13.5 Å². The van der Waals surface area contributed by atoms with Crippen molar-refractivity contribution in [3.05, 3.63) is 65.9 Å². The second kappa shape index (κ2) is 9.17. The molecule has 1 N–H and O–H groups in total. The van der Waals surface area contributed by atoms with Gasteiger partial charge in [-0.2, -0.15) is 0 Å². The number of thiocarbonyl (C=S) groups is 1. The summed E-state index contributed by atoms with van der Waals surface area (Å²) in [6.07, 6.45) is 0. The van der Waals surface area contributed by atoms with E-state index >= 15 is 0 Å². The van der Waals surface area contributed by atoms with E-state index in [0.717, 1.165) is 48.9 Å². The third kappa shape index (κ3) is 4.57. The number of esters is 1. The second-order valence-corrected chi connectivity index (χ2v) is 7.56. The number of furan rings is 1. The summed E-state index contributed by atoms with van der Waals surface area (Å²) in [5, 5.41) is 5.05. The van der Waals surface area contributed by atoms with Crippen molar-refractivity contribution in [3.63, 3.8) is 0 Å². The molecule has 0 saturated carbocycles. The lowest BCUT2D eigenvalue weighted by atomic mass is 10.2. The van der Waals surface area contributed by atoms with E-state index in [9.17, 15) is 4.79 Å². The number of hydrogen-bond donors (Lipinski definition) is 1. The molecular weight excluding hydrogens is 398 g/mol. The normalized spacial score (nSPS) is 14.0. The first kappa shape index (κ1) is 20.2. The monoisotopic (exact) mass is 423 g/mol. The van der Waals surface area contributed by atoms with Crippen LogP contribution in [0.2, 0.25) is 0 Å². The summed E-state index contributed by atoms with van der Waals surface area (Å²) in [7, 11) is 0. The van der Waals surface area contributed by atoms with Gasteiger partial charge in [-0.1, -0.05) is 30.3 Å². The van der Waals surface area contributed by atoms with Gasteiger partial charge in [0, 0.05) is 43.8 Å². The number of piperazine rings is 1. The zero-order valence-electron chi connectivity index (χ0n) is 17.0. The van der Waals surface area contributed by atoms with Gasteiger partial charge in [-0.05, 0) is 49.0 Å². The van der Waals surface area contributed by atoms with Gasteiger partial charge in [-0.3, -0.25) is 0 Å². The van der Waals surface area contributed by atoms with Gasteiger partial charge in [0.25, 0.3) is 0 Å². The van der Waals surface area contributed by atoms with Crippen molar-refractivity contribution >= 4 is 40.0 Å². The van der Waals surface area contributed by atoms with E-state index in [1.54, 1.807) is 13.0 Å². The van der Waals surface area contributed by atoms with Crippen molar-refractivity contribution in [3.8, 4) is 0 Å². The molecule has 4 rings (SSSR count). The molecule has 0 radical (unpaired) electrons. The molecule has 0 amide bonds. The number of carbonyl (C=O) groups excluding carboxylic acids is 1. The van der Waals surface area contributed by atoms with Crippen LogP contribution in [0.15, 0.2) is 59.0 Å². The predicted octanol–water partition coefficient (Wildman–Crippen LogP) is 3.81. The number of fused-ring (bicyclic) bond motifs is 1. The Kier molecular flexibility index (Phi) is 6.18. The summed E-state index contributed by atoms with van der Waals surface area (Å²) in [6, 6.07) is 18.0. The number of anilines is 1. The first-order valence-corrected chi connectivity index (χ1v) is 10.6. The van der Waals surface area contributed by atoms with Gasteiger partial charge in [-0.25, -0.2) is 4.79 Å². The smallest absolute Gasteiger partial charge is 0.374 e. The first-order valence-electron chi connectivity index (χ1n) is 10.2. The van der Waals surface area contributed by atoms with Crippen molar-refractivity contribution < 1.29 is 13.9 Å². The quantitative estimate of drug-likeness (QED) is 0.495. The first-order chi connectivity index (χ1) is 14.6. The fourth-order valence-corrected chi connectivity index (χ4v) is 3.84. The lowest BCUT2D eigenvalue weighted by molar-refractivity contribution is 0.0492. The highest BCUT2D eigenvalue weighted by atomic mass is 32.1. The van der Waals surface area contributed by atoms with Gasteiger partial charge in [-0.15, -0.1) is 0 Å². The second-order valence-electron chi connectivity index (χ2n) is 7.17. The van der Waals surface area contributed by atoms with E-state index < -0.39 is 5.97 Å². The number of nitrogens with zero attached hydrogens (tertiary/aromatic N) is 2. The van der Waals surface area contributed by atoms with E-state index in [0.29, 0.717) is 12.2 Å².